The van der Waals surface area contributed by atoms with E-state index in [1.54, 1.807) is 0 Å². The Morgan fingerprint density at radius 1 is 0.846 bits per heavy atom. The van der Waals surface area contributed by atoms with E-state index >= 15 is 0 Å². The van der Waals surface area contributed by atoms with Gasteiger partial charge in [0.05, 0.1) is 21.8 Å². The molecule has 0 fully saturated rings. The minimum Gasteiger partial charge on any atom is -0.268 e. The van der Waals surface area contributed by atoms with Gasteiger partial charge in [0, 0.05) is 10.6 Å². The zero-order valence-electron chi connectivity index (χ0n) is 12.6. The number of imide groups is 1. The van der Waals surface area contributed by atoms with E-state index in [0.29, 0.717) is 9.92 Å². The van der Waals surface area contributed by atoms with Crippen LogP contribution < -0.4 is 4.90 Å². The fourth-order valence-corrected chi connectivity index (χ4v) is 3.23. The maximum absolute atomic E-state index is 12.7. The first-order chi connectivity index (χ1) is 12.1. The van der Waals surface area contributed by atoms with Gasteiger partial charge >= 0.3 is 6.18 Å². The molecule has 0 spiro atoms. The summed E-state index contributed by atoms with van der Waals surface area (Å²) >= 11 is 17.9. The first-order valence-electron chi connectivity index (χ1n) is 7.02. The Kier molecular flexibility index (Phi) is 4.77. The van der Waals surface area contributed by atoms with Crippen LogP contribution in [0.4, 0.5) is 18.9 Å². The van der Waals surface area contributed by atoms with Crippen LogP contribution in [0.25, 0.3) is 5.57 Å². The quantitative estimate of drug-likeness (QED) is 0.599. The minimum absolute atomic E-state index is 0.0359. The fourth-order valence-electron chi connectivity index (χ4n) is 2.46. The van der Waals surface area contributed by atoms with Crippen molar-refractivity contribution in [3.63, 3.8) is 0 Å². The number of hydrogen-bond acceptors (Lipinski definition) is 2. The van der Waals surface area contributed by atoms with Crippen LogP contribution in [0, 0.1) is 0 Å². The predicted octanol–water partition coefficient (Wildman–Crippen LogP) is 5.54. The van der Waals surface area contributed by atoms with Crippen LogP contribution >= 0.6 is 34.8 Å². The Morgan fingerprint density at radius 3 is 2.00 bits per heavy atom. The lowest BCUT2D eigenvalue weighted by atomic mass is 10.1. The van der Waals surface area contributed by atoms with E-state index in [4.69, 9.17) is 34.8 Å². The van der Waals surface area contributed by atoms with Crippen LogP contribution in [0.15, 0.2) is 47.5 Å². The summed E-state index contributed by atoms with van der Waals surface area (Å²) in [7, 11) is 0. The van der Waals surface area contributed by atoms with Crippen molar-refractivity contribution in [3.05, 3.63) is 68.7 Å². The number of rotatable bonds is 2. The zero-order valence-corrected chi connectivity index (χ0v) is 14.8. The summed E-state index contributed by atoms with van der Waals surface area (Å²) in [6.45, 7) is 0. The number of benzene rings is 2. The van der Waals surface area contributed by atoms with E-state index in [9.17, 15) is 22.8 Å². The van der Waals surface area contributed by atoms with Gasteiger partial charge in [0.15, 0.2) is 0 Å². The number of carbonyl (C=O) groups excluding carboxylic acids is 2. The summed E-state index contributed by atoms with van der Waals surface area (Å²) < 4.78 is 38.0. The molecule has 1 aliphatic rings. The van der Waals surface area contributed by atoms with E-state index in [-0.39, 0.29) is 26.9 Å². The molecule has 0 saturated carbocycles. The molecule has 9 heteroatoms. The first kappa shape index (κ1) is 18.8. The highest BCUT2D eigenvalue weighted by Crippen LogP contribution is 2.39. The predicted molar refractivity (Wildman–Crippen MR) is 93.2 cm³/mol. The summed E-state index contributed by atoms with van der Waals surface area (Å²) in [5.41, 5.74) is -0.876. The lowest BCUT2D eigenvalue weighted by Crippen LogP contribution is -2.31. The molecule has 2 aromatic rings. The Hall–Kier alpha value is -2.02. The van der Waals surface area contributed by atoms with E-state index in [1.165, 1.54) is 18.2 Å². The smallest absolute Gasteiger partial charge is 0.268 e. The van der Waals surface area contributed by atoms with Crippen molar-refractivity contribution in [2.24, 2.45) is 0 Å². The third-order valence-corrected chi connectivity index (χ3v) is 4.58. The van der Waals surface area contributed by atoms with Gasteiger partial charge in [-0.3, -0.25) is 9.59 Å². The number of alkyl halides is 3. The molecule has 0 aromatic heterocycles. The first-order valence-corrected chi connectivity index (χ1v) is 8.16. The van der Waals surface area contributed by atoms with Crippen LogP contribution in [-0.2, 0) is 15.8 Å². The second-order valence-corrected chi connectivity index (χ2v) is 6.53. The van der Waals surface area contributed by atoms with Crippen molar-refractivity contribution in [3.8, 4) is 0 Å². The lowest BCUT2D eigenvalue weighted by Gasteiger charge is -2.16. The third-order valence-electron chi connectivity index (χ3n) is 3.68. The number of hydrogen-bond donors (Lipinski definition) is 0. The molecule has 3 rings (SSSR count). The van der Waals surface area contributed by atoms with Crippen LogP contribution in [-0.4, -0.2) is 11.8 Å². The second kappa shape index (κ2) is 6.61. The molecule has 0 atom stereocenters. The topological polar surface area (TPSA) is 37.4 Å². The molecule has 2 amide bonds. The molecule has 0 radical (unpaired) electrons. The highest BCUT2D eigenvalue weighted by Gasteiger charge is 2.40. The molecular formula is C17H7Cl3F3NO2. The van der Waals surface area contributed by atoms with Crippen LogP contribution in [0.2, 0.25) is 10.0 Å². The minimum atomic E-state index is -4.53. The highest BCUT2D eigenvalue weighted by atomic mass is 35.5. The molecule has 0 aliphatic carbocycles. The fraction of sp³-hybridized carbons (Fsp3) is 0.0588. The van der Waals surface area contributed by atoms with Crippen LogP contribution in [0.5, 0.6) is 0 Å². The molecule has 3 nitrogen and oxygen atoms in total. The molecule has 1 heterocycles. The van der Waals surface area contributed by atoms with E-state index in [2.05, 4.69) is 0 Å². The Labute approximate surface area is 160 Å². The number of carbonyl (C=O) groups is 2. The van der Waals surface area contributed by atoms with Gasteiger partial charge in [-0.15, -0.1) is 0 Å². The summed E-state index contributed by atoms with van der Waals surface area (Å²) in [5, 5.41) is 0.0621. The molecule has 0 unspecified atom stereocenters. The molecule has 0 bridgehead atoms. The standard InChI is InChI=1S/C17H7Cl3F3NO2/c18-9-3-6-11(12(19)7-9)13-14(20)16(26)24(15(13)25)10-4-1-8(2-5-10)17(21,22)23/h1-7H. The molecule has 26 heavy (non-hydrogen) atoms. The molecular weight excluding hydrogens is 414 g/mol. The van der Waals surface area contributed by atoms with Crippen molar-refractivity contribution in [2.45, 2.75) is 6.18 Å². The zero-order chi connectivity index (χ0) is 19.2. The van der Waals surface area contributed by atoms with E-state index < -0.39 is 23.6 Å². The van der Waals surface area contributed by atoms with Gasteiger partial charge in [-0.25, -0.2) is 4.90 Å². The Bertz CT molecular complexity index is 953. The van der Waals surface area contributed by atoms with Crippen molar-refractivity contribution in [2.75, 3.05) is 4.90 Å². The molecule has 2 aromatic carbocycles. The molecule has 0 saturated heterocycles. The summed E-state index contributed by atoms with van der Waals surface area (Å²) in [6, 6.07) is 7.88. The van der Waals surface area contributed by atoms with Gasteiger partial charge < -0.3 is 0 Å². The van der Waals surface area contributed by atoms with Gasteiger partial charge in [-0.05, 0) is 36.4 Å². The Balaban J connectivity index is 2.01. The average Bonchev–Trinajstić information content (AvgIpc) is 2.77. The number of nitrogens with zero attached hydrogens (tertiary/aromatic N) is 1. The average molecular weight is 421 g/mol. The van der Waals surface area contributed by atoms with Gasteiger partial charge in [0.1, 0.15) is 5.03 Å². The number of anilines is 1. The van der Waals surface area contributed by atoms with Gasteiger partial charge in [0.25, 0.3) is 11.8 Å². The van der Waals surface area contributed by atoms with Crippen molar-refractivity contribution < 1.29 is 22.8 Å². The van der Waals surface area contributed by atoms with Crippen molar-refractivity contribution >= 4 is 57.9 Å². The third kappa shape index (κ3) is 3.20. The SMILES string of the molecule is O=C1C(Cl)=C(c2ccc(Cl)cc2Cl)C(=O)N1c1ccc(C(F)(F)F)cc1. The molecule has 134 valence electrons. The summed E-state index contributed by atoms with van der Waals surface area (Å²) in [6.07, 6.45) is -4.53. The normalized spacial score (nSPS) is 15.2. The van der Waals surface area contributed by atoms with Crippen molar-refractivity contribution in [1.29, 1.82) is 0 Å². The van der Waals surface area contributed by atoms with E-state index in [0.717, 1.165) is 24.3 Å². The highest BCUT2D eigenvalue weighted by molar-refractivity contribution is 6.60. The maximum Gasteiger partial charge on any atom is 0.416 e. The lowest BCUT2D eigenvalue weighted by molar-refractivity contribution is -0.137. The maximum atomic E-state index is 12.7. The van der Waals surface area contributed by atoms with Crippen LogP contribution in [0.3, 0.4) is 0 Å². The Morgan fingerprint density at radius 2 is 1.46 bits per heavy atom. The number of halogens is 6. The van der Waals surface area contributed by atoms with E-state index in [1.807, 2.05) is 0 Å². The molecule has 0 N–H and O–H groups in total. The van der Waals surface area contributed by atoms with Gasteiger partial charge in [-0.1, -0.05) is 40.9 Å². The number of amides is 2. The van der Waals surface area contributed by atoms with Crippen LogP contribution in [0.1, 0.15) is 11.1 Å². The van der Waals surface area contributed by atoms with Gasteiger partial charge in [0.2, 0.25) is 0 Å². The summed E-state index contributed by atoms with van der Waals surface area (Å²) in [4.78, 5) is 25.8. The summed E-state index contributed by atoms with van der Waals surface area (Å²) in [5.74, 6) is -1.64. The van der Waals surface area contributed by atoms with Gasteiger partial charge in [-0.2, -0.15) is 13.2 Å². The largest absolute Gasteiger partial charge is 0.416 e. The second-order valence-electron chi connectivity index (χ2n) is 5.30. The monoisotopic (exact) mass is 419 g/mol. The molecule has 1 aliphatic heterocycles. The van der Waals surface area contributed by atoms with Crippen molar-refractivity contribution in [1.82, 2.24) is 0 Å².